The molecule has 0 aromatic heterocycles. The molecule has 0 saturated carbocycles. The summed E-state index contributed by atoms with van der Waals surface area (Å²) in [6.45, 7) is 16.5. The second kappa shape index (κ2) is 20.4. The largest absolute Gasteiger partial charge is 0.459 e. The number of sulfonamides is 1. The van der Waals surface area contributed by atoms with Gasteiger partial charge in [-0.15, -0.1) is 0 Å². The van der Waals surface area contributed by atoms with Gasteiger partial charge in [-0.25, -0.2) is 13.1 Å². The number of aliphatic hydroxyl groups excluding tert-OH is 3. The van der Waals surface area contributed by atoms with Crippen molar-refractivity contribution in [1.82, 2.24) is 9.62 Å². The van der Waals surface area contributed by atoms with E-state index in [2.05, 4.69) is 20.7 Å². The Kier molecular flexibility index (Phi) is 17.5. The summed E-state index contributed by atoms with van der Waals surface area (Å²) in [4.78, 5) is 16.2. The maximum atomic E-state index is 14.4. The molecule has 1 aromatic carbocycles. The van der Waals surface area contributed by atoms with Gasteiger partial charge in [-0.2, -0.15) is 0 Å². The molecule has 3 saturated heterocycles. The highest BCUT2D eigenvalue weighted by atomic mass is 79.9. The first-order valence-corrected chi connectivity index (χ1v) is 23.7. The van der Waals surface area contributed by atoms with E-state index in [1.54, 1.807) is 60.6 Å². The van der Waals surface area contributed by atoms with Crippen molar-refractivity contribution in [1.29, 1.82) is 0 Å². The maximum Gasteiger partial charge on any atom is 0.311 e. The zero-order chi connectivity index (χ0) is 46.2. The van der Waals surface area contributed by atoms with Crippen molar-refractivity contribution in [3.05, 3.63) is 28.7 Å². The number of likely N-dealkylation sites (N-methyl/N-ethyl adjacent to an activating group) is 1. The molecule has 0 radical (unpaired) electrons. The van der Waals surface area contributed by atoms with Gasteiger partial charge in [0.1, 0.15) is 23.9 Å². The summed E-state index contributed by atoms with van der Waals surface area (Å²) < 4.78 is 69.2. The van der Waals surface area contributed by atoms with Gasteiger partial charge in [-0.3, -0.25) is 4.79 Å². The van der Waals surface area contributed by atoms with Gasteiger partial charge in [-0.05, 0) is 105 Å². The number of ether oxygens (including phenoxy) is 6. The smallest absolute Gasteiger partial charge is 0.311 e. The van der Waals surface area contributed by atoms with E-state index in [9.17, 15) is 38.7 Å². The van der Waals surface area contributed by atoms with Crippen LogP contribution in [0.25, 0.3) is 0 Å². The molecule has 18 heteroatoms. The highest BCUT2D eigenvalue weighted by Crippen LogP contribution is 2.41. The number of aliphatic hydroxyl groups is 5. The third-order valence-corrected chi connectivity index (χ3v) is 15.5. The van der Waals surface area contributed by atoms with Crippen LogP contribution in [-0.2, 0) is 43.2 Å². The summed E-state index contributed by atoms with van der Waals surface area (Å²) in [5.74, 6) is -4.62. The number of halogens is 1. The van der Waals surface area contributed by atoms with Gasteiger partial charge in [0.25, 0.3) is 0 Å². The summed E-state index contributed by atoms with van der Waals surface area (Å²) in [5, 5.41) is 59.7. The predicted octanol–water partition coefficient (Wildman–Crippen LogP) is 3.33. The normalized spacial score (nSPS) is 45.0. The third kappa shape index (κ3) is 11.7. The minimum absolute atomic E-state index is 0.0453. The second-order valence-corrected chi connectivity index (χ2v) is 21.4. The molecular formula is C43H73BrN2O14S. The minimum atomic E-state index is -4.26. The first-order chi connectivity index (χ1) is 28.1. The van der Waals surface area contributed by atoms with Crippen LogP contribution < -0.4 is 4.72 Å². The molecule has 3 aliphatic heterocycles. The van der Waals surface area contributed by atoms with E-state index in [0.29, 0.717) is 10.9 Å². The molecule has 0 bridgehead atoms. The quantitative estimate of drug-likeness (QED) is 0.185. The van der Waals surface area contributed by atoms with Crippen molar-refractivity contribution in [3.63, 3.8) is 0 Å². The molecule has 0 spiro atoms. The number of hydrogen-bond donors (Lipinski definition) is 6. The monoisotopic (exact) mass is 952 g/mol. The molecule has 3 aliphatic rings. The van der Waals surface area contributed by atoms with Gasteiger partial charge in [0, 0.05) is 41.9 Å². The Bertz CT molecular complexity index is 1700. The molecule has 3 heterocycles. The van der Waals surface area contributed by atoms with Gasteiger partial charge in [-0.1, -0.05) is 43.6 Å². The van der Waals surface area contributed by atoms with Gasteiger partial charge in [0.2, 0.25) is 10.0 Å². The molecule has 61 heavy (non-hydrogen) atoms. The molecule has 3 fully saturated rings. The Balaban J connectivity index is 1.91. The average molecular weight is 954 g/mol. The minimum Gasteiger partial charge on any atom is -0.459 e. The van der Waals surface area contributed by atoms with Crippen LogP contribution in [0.4, 0.5) is 0 Å². The molecule has 1 aromatic rings. The van der Waals surface area contributed by atoms with Crippen LogP contribution in [0.1, 0.15) is 94.9 Å². The van der Waals surface area contributed by atoms with Crippen LogP contribution >= 0.6 is 15.9 Å². The Morgan fingerprint density at radius 3 is 2.08 bits per heavy atom. The second-order valence-electron chi connectivity index (χ2n) is 18.8. The topological polar surface area (TPSA) is 223 Å². The Hall–Kier alpha value is -1.36. The number of carbonyl (C=O) groups excluding carboxylic acids is 1. The lowest BCUT2D eigenvalue weighted by Crippen LogP contribution is -2.62. The number of hydrogen-bond acceptors (Lipinski definition) is 15. The molecule has 6 N–H and O–H groups in total. The van der Waals surface area contributed by atoms with E-state index in [-0.39, 0.29) is 36.3 Å². The highest BCUT2D eigenvalue weighted by Gasteiger charge is 2.54. The lowest BCUT2D eigenvalue weighted by molar-refractivity contribution is -0.318. The van der Waals surface area contributed by atoms with Crippen molar-refractivity contribution in [2.24, 2.45) is 23.7 Å². The average Bonchev–Trinajstić information content (AvgIpc) is 3.18. The van der Waals surface area contributed by atoms with Gasteiger partial charge >= 0.3 is 5.97 Å². The number of methoxy groups -OCH3 is 1. The molecular weight excluding hydrogens is 880 g/mol. The zero-order valence-electron chi connectivity index (χ0n) is 38.0. The van der Waals surface area contributed by atoms with Gasteiger partial charge < -0.3 is 58.9 Å². The zero-order valence-corrected chi connectivity index (χ0v) is 40.4. The summed E-state index contributed by atoms with van der Waals surface area (Å²) in [6.07, 6.45) is -10.4. The lowest BCUT2D eigenvalue weighted by Gasteiger charge is -2.49. The molecule has 0 aliphatic carbocycles. The highest BCUT2D eigenvalue weighted by molar-refractivity contribution is 9.10. The van der Waals surface area contributed by atoms with E-state index in [1.165, 1.54) is 33.1 Å². The van der Waals surface area contributed by atoms with Gasteiger partial charge in [0.15, 0.2) is 12.6 Å². The number of benzene rings is 1. The lowest BCUT2D eigenvalue weighted by atomic mass is 9.72. The summed E-state index contributed by atoms with van der Waals surface area (Å²) in [5.41, 5.74) is -5.07. The molecule has 19 atom stereocenters. The van der Waals surface area contributed by atoms with Crippen molar-refractivity contribution >= 4 is 31.9 Å². The predicted molar refractivity (Wildman–Crippen MR) is 230 cm³/mol. The van der Waals surface area contributed by atoms with E-state index in [0.717, 1.165) is 0 Å². The SMILES string of the molecule is CCC1OC(=O)C(C)C(OC2CC(C)(OC)C(O)C(C)O2)C(C)C(OC2OC(C)CC(N(C)C)C2O)C(C)(O)CC(C)C(NS(=O)(=O)c2ccc(Br)cc2)C(C)C(O)C1(C)O. The molecule has 16 nitrogen and oxygen atoms in total. The van der Waals surface area contributed by atoms with Crippen LogP contribution in [-0.4, -0.2) is 156 Å². The van der Waals surface area contributed by atoms with Crippen LogP contribution in [0.3, 0.4) is 0 Å². The van der Waals surface area contributed by atoms with Crippen molar-refractivity contribution in [2.75, 3.05) is 21.2 Å². The molecule has 0 amide bonds. The number of nitrogens with zero attached hydrogens (tertiary/aromatic N) is 1. The van der Waals surface area contributed by atoms with E-state index >= 15 is 0 Å². The van der Waals surface area contributed by atoms with Crippen LogP contribution in [0.2, 0.25) is 0 Å². The Morgan fingerprint density at radius 1 is 0.918 bits per heavy atom. The first-order valence-electron chi connectivity index (χ1n) is 21.4. The van der Waals surface area contributed by atoms with Crippen molar-refractivity contribution in [3.8, 4) is 0 Å². The summed E-state index contributed by atoms with van der Waals surface area (Å²) >= 11 is 3.34. The summed E-state index contributed by atoms with van der Waals surface area (Å²) in [7, 11) is 0.891. The van der Waals surface area contributed by atoms with Gasteiger partial charge in [0.05, 0.1) is 52.5 Å². The first kappa shape index (κ1) is 52.3. The number of nitrogens with one attached hydrogen (secondary N) is 1. The standard InChI is InChI=1S/C43H73BrN2O14S/c1-14-31-43(10,52)36(48)24(4)33(45-61(53,54)29-17-15-28(44)16-18-29)22(2)20-41(8,51)38(60-40-34(47)30(46(11)12)19-23(3)56-40)25(5)35(26(6)39(50)58-31)59-32-21-42(9,55-13)37(49)27(7)57-32/h15-18,22-27,30-38,40,45,47-49,51-52H,14,19-21H2,1-13H3. The fraction of sp³-hybridized carbons (Fsp3) is 0.837. The molecule has 19 unspecified atom stereocenters. The maximum absolute atomic E-state index is 14.4. The Labute approximate surface area is 371 Å². The molecule has 4 rings (SSSR count). The van der Waals surface area contributed by atoms with Crippen LogP contribution in [0.5, 0.6) is 0 Å². The number of esters is 1. The van der Waals surface area contributed by atoms with E-state index in [1.807, 2.05) is 25.9 Å². The van der Waals surface area contributed by atoms with Crippen molar-refractivity contribution < 1.29 is 67.2 Å². The van der Waals surface area contributed by atoms with Crippen LogP contribution in [0, 0.1) is 23.7 Å². The number of cyclic esters (lactones) is 1. The third-order valence-electron chi connectivity index (χ3n) is 13.5. The Morgan fingerprint density at radius 2 is 1.52 bits per heavy atom. The fourth-order valence-corrected chi connectivity index (χ4v) is 11.4. The summed E-state index contributed by atoms with van der Waals surface area (Å²) in [6, 6.07) is 4.53. The molecule has 352 valence electrons. The van der Waals surface area contributed by atoms with E-state index in [4.69, 9.17) is 28.4 Å². The fourth-order valence-electron chi connectivity index (χ4n) is 9.69. The number of carbonyl (C=O) groups is 1. The number of rotatable bonds is 10. The van der Waals surface area contributed by atoms with E-state index < -0.39 is 118 Å². The van der Waals surface area contributed by atoms with Crippen molar-refractivity contribution in [2.45, 2.75) is 190 Å². The van der Waals surface area contributed by atoms with Crippen LogP contribution in [0.15, 0.2) is 33.6 Å².